The molecule has 2 rings (SSSR count). The fourth-order valence-electron chi connectivity index (χ4n) is 2.35. The van der Waals surface area contributed by atoms with Crippen LogP contribution >= 0.6 is 23.2 Å². The number of aliphatic hydroxyl groups is 2. The second-order valence-electron chi connectivity index (χ2n) is 5.48. The Balaban J connectivity index is 1.86. The molecular weight excluding hydrogens is 349 g/mol. The highest BCUT2D eigenvalue weighted by Gasteiger charge is 2.13. The lowest BCUT2D eigenvalue weighted by molar-refractivity contribution is 0.0590. The Morgan fingerprint density at radius 2 is 1.83 bits per heavy atom. The van der Waals surface area contributed by atoms with Crippen LogP contribution in [0.25, 0.3) is 0 Å². The van der Waals surface area contributed by atoms with Gasteiger partial charge >= 0.3 is 0 Å². The van der Waals surface area contributed by atoms with Gasteiger partial charge in [0, 0.05) is 24.7 Å². The van der Waals surface area contributed by atoms with E-state index >= 15 is 0 Å². The average Bonchev–Trinajstić information content (AvgIpc) is 2.55. The minimum atomic E-state index is -0.702. The fraction of sp³-hybridized carbons (Fsp3) is 0.333. The maximum Gasteiger partial charge on any atom is 0.138 e. The van der Waals surface area contributed by atoms with Gasteiger partial charge in [0.25, 0.3) is 0 Å². The molecular formula is C18H21Cl2NO3. The van der Waals surface area contributed by atoms with E-state index in [1.165, 1.54) is 0 Å². The summed E-state index contributed by atoms with van der Waals surface area (Å²) in [5.74, 6) is 0.483. The zero-order valence-electron chi connectivity index (χ0n) is 13.2. The van der Waals surface area contributed by atoms with Crippen molar-refractivity contribution in [2.75, 3.05) is 26.3 Å². The topological polar surface area (TPSA) is 52.9 Å². The van der Waals surface area contributed by atoms with Crippen molar-refractivity contribution in [2.45, 2.75) is 12.6 Å². The molecule has 0 saturated heterocycles. The lowest BCUT2D eigenvalue weighted by Crippen LogP contribution is -2.37. The molecule has 6 heteroatoms. The normalized spacial score (nSPS) is 12.4. The number of hydrogen-bond acceptors (Lipinski definition) is 4. The van der Waals surface area contributed by atoms with Crippen LogP contribution in [-0.4, -0.2) is 47.5 Å². The maximum absolute atomic E-state index is 10.2. The minimum absolute atomic E-state index is 0.0312. The first kappa shape index (κ1) is 19.0. The van der Waals surface area contributed by atoms with Crippen LogP contribution in [0.5, 0.6) is 5.75 Å². The highest BCUT2D eigenvalue weighted by molar-refractivity contribution is 6.35. The van der Waals surface area contributed by atoms with Gasteiger partial charge in [-0.2, -0.15) is 0 Å². The summed E-state index contributed by atoms with van der Waals surface area (Å²) in [6.45, 7) is 1.66. The predicted molar refractivity (Wildman–Crippen MR) is 96.8 cm³/mol. The van der Waals surface area contributed by atoms with Gasteiger partial charge in [0.1, 0.15) is 18.5 Å². The van der Waals surface area contributed by atoms with Crippen molar-refractivity contribution in [1.82, 2.24) is 4.90 Å². The molecule has 2 aromatic rings. The molecule has 2 aromatic carbocycles. The highest BCUT2D eigenvalue weighted by atomic mass is 35.5. The summed E-state index contributed by atoms with van der Waals surface area (Å²) in [5.41, 5.74) is 1.12. The third kappa shape index (κ3) is 6.30. The van der Waals surface area contributed by atoms with E-state index in [9.17, 15) is 10.2 Å². The number of ether oxygens (including phenoxy) is 1. The van der Waals surface area contributed by atoms with Gasteiger partial charge in [0.05, 0.1) is 11.6 Å². The third-order valence-electron chi connectivity index (χ3n) is 3.46. The van der Waals surface area contributed by atoms with Gasteiger partial charge < -0.3 is 14.9 Å². The van der Waals surface area contributed by atoms with Crippen molar-refractivity contribution < 1.29 is 14.9 Å². The largest absolute Gasteiger partial charge is 0.489 e. The molecule has 0 unspecified atom stereocenters. The van der Waals surface area contributed by atoms with Gasteiger partial charge in [-0.1, -0.05) is 53.5 Å². The highest BCUT2D eigenvalue weighted by Crippen LogP contribution is 2.27. The number of benzene rings is 2. The first-order valence-electron chi connectivity index (χ1n) is 7.71. The standard InChI is InChI=1S/C18H21Cl2NO3/c19-15-6-7-18(17(20)10-15)24-13-16(23)12-21(8-9-22)11-14-4-2-1-3-5-14/h1-7,10,16,22-23H,8-9,11-13H2/t16-/m1/s1. The molecule has 0 amide bonds. The van der Waals surface area contributed by atoms with Crippen molar-refractivity contribution in [2.24, 2.45) is 0 Å². The van der Waals surface area contributed by atoms with E-state index < -0.39 is 6.10 Å². The molecule has 0 radical (unpaired) electrons. The summed E-state index contributed by atoms with van der Waals surface area (Å²) in [4.78, 5) is 1.98. The number of halogens is 2. The Morgan fingerprint density at radius 1 is 1.08 bits per heavy atom. The monoisotopic (exact) mass is 369 g/mol. The minimum Gasteiger partial charge on any atom is -0.489 e. The molecule has 24 heavy (non-hydrogen) atoms. The van der Waals surface area contributed by atoms with Gasteiger partial charge in [-0.25, -0.2) is 0 Å². The van der Waals surface area contributed by atoms with Crippen molar-refractivity contribution in [3.63, 3.8) is 0 Å². The molecule has 0 aliphatic heterocycles. The summed E-state index contributed by atoms with van der Waals surface area (Å²) in [6.07, 6.45) is -0.702. The van der Waals surface area contributed by atoms with E-state index in [0.717, 1.165) is 5.56 Å². The SMILES string of the molecule is OCCN(Cc1ccccc1)C[C@@H](O)COc1ccc(Cl)cc1Cl. The van der Waals surface area contributed by atoms with E-state index in [1.54, 1.807) is 18.2 Å². The van der Waals surface area contributed by atoms with E-state index in [0.29, 0.717) is 35.4 Å². The molecule has 4 nitrogen and oxygen atoms in total. The third-order valence-corrected chi connectivity index (χ3v) is 3.99. The molecule has 0 aliphatic carbocycles. The van der Waals surface area contributed by atoms with Crippen LogP contribution in [0.1, 0.15) is 5.56 Å². The maximum atomic E-state index is 10.2. The van der Waals surface area contributed by atoms with Crippen LogP contribution in [0.4, 0.5) is 0 Å². The van der Waals surface area contributed by atoms with Crippen LogP contribution in [0.15, 0.2) is 48.5 Å². The second kappa shape index (κ2) is 9.87. The quantitative estimate of drug-likeness (QED) is 0.712. The molecule has 0 fully saturated rings. The van der Waals surface area contributed by atoms with Crippen LogP contribution in [0, 0.1) is 0 Å². The van der Waals surface area contributed by atoms with Gasteiger partial charge in [-0.15, -0.1) is 0 Å². The van der Waals surface area contributed by atoms with Crippen molar-refractivity contribution >= 4 is 23.2 Å². The van der Waals surface area contributed by atoms with Gasteiger partial charge in [-0.05, 0) is 23.8 Å². The van der Waals surface area contributed by atoms with E-state index in [2.05, 4.69) is 0 Å². The van der Waals surface area contributed by atoms with E-state index in [-0.39, 0.29) is 13.2 Å². The predicted octanol–water partition coefficient (Wildman–Crippen LogP) is 3.23. The number of nitrogens with zero attached hydrogens (tertiary/aromatic N) is 1. The summed E-state index contributed by atoms with van der Waals surface area (Å²) in [5, 5.41) is 20.4. The molecule has 0 saturated carbocycles. The fourth-order valence-corrected chi connectivity index (χ4v) is 2.81. The number of rotatable bonds is 9. The van der Waals surface area contributed by atoms with Crippen LogP contribution in [0.3, 0.4) is 0 Å². The summed E-state index contributed by atoms with van der Waals surface area (Å²) in [7, 11) is 0. The molecule has 0 aliphatic rings. The van der Waals surface area contributed by atoms with Crippen molar-refractivity contribution in [3.8, 4) is 5.75 Å². The Kier molecular flexibility index (Phi) is 7.82. The molecule has 0 bridgehead atoms. The Bertz CT molecular complexity index is 625. The van der Waals surface area contributed by atoms with E-state index in [4.69, 9.17) is 27.9 Å². The van der Waals surface area contributed by atoms with Crippen molar-refractivity contribution in [1.29, 1.82) is 0 Å². The molecule has 0 spiro atoms. The first-order chi connectivity index (χ1) is 11.6. The lowest BCUT2D eigenvalue weighted by Gasteiger charge is -2.24. The van der Waals surface area contributed by atoms with E-state index in [1.807, 2.05) is 35.2 Å². The molecule has 0 heterocycles. The summed E-state index contributed by atoms with van der Waals surface area (Å²) >= 11 is 11.9. The van der Waals surface area contributed by atoms with Crippen LogP contribution in [0.2, 0.25) is 10.0 Å². The number of hydrogen-bond donors (Lipinski definition) is 2. The van der Waals surface area contributed by atoms with Gasteiger partial charge in [0.2, 0.25) is 0 Å². The second-order valence-corrected chi connectivity index (χ2v) is 6.33. The average molecular weight is 370 g/mol. The first-order valence-corrected chi connectivity index (χ1v) is 8.47. The number of aliphatic hydroxyl groups excluding tert-OH is 2. The molecule has 1 atom stereocenters. The molecule has 0 aromatic heterocycles. The summed E-state index contributed by atoms with van der Waals surface area (Å²) < 4.78 is 5.55. The zero-order valence-corrected chi connectivity index (χ0v) is 14.7. The molecule has 2 N–H and O–H groups in total. The van der Waals surface area contributed by atoms with Crippen LogP contribution in [-0.2, 0) is 6.54 Å². The smallest absolute Gasteiger partial charge is 0.138 e. The zero-order chi connectivity index (χ0) is 17.4. The Labute approximate surface area is 152 Å². The van der Waals surface area contributed by atoms with Crippen LogP contribution < -0.4 is 4.74 Å². The molecule has 130 valence electrons. The van der Waals surface area contributed by atoms with Crippen molar-refractivity contribution in [3.05, 3.63) is 64.1 Å². The van der Waals surface area contributed by atoms with Gasteiger partial charge in [0.15, 0.2) is 0 Å². The lowest BCUT2D eigenvalue weighted by atomic mass is 10.2. The Morgan fingerprint density at radius 3 is 2.50 bits per heavy atom. The Hall–Kier alpha value is -1.30. The van der Waals surface area contributed by atoms with Gasteiger partial charge in [-0.3, -0.25) is 4.90 Å². The summed E-state index contributed by atoms with van der Waals surface area (Å²) in [6, 6.07) is 14.9.